The van der Waals surface area contributed by atoms with E-state index in [9.17, 15) is 0 Å². The first-order valence-corrected chi connectivity index (χ1v) is 10.6. The monoisotopic (exact) mass is 319 g/mol. The summed E-state index contributed by atoms with van der Waals surface area (Å²) in [4.78, 5) is 0. The van der Waals surface area contributed by atoms with Crippen LogP contribution in [0.1, 0.15) is 72.6 Å². The lowest BCUT2D eigenvalue weighted by atomic mass is 10.1. The number of hydrogen-bond acceptors (Lipinski definition) is 4. The van der Waals surface area contributed by atoms with Crippen LogP contribution in [-0.4, -0.2) is 35.2 Å². The van der Waals surface area contributed by atoms with Crippen LogP contribution in [0.5, 0.6) is 0 Å². The topological polar surface area (TPSA) is 53.7 Å². The van der Waals surface area contributed by atoms with Crippen LogP contribution in [0.3, 0.4) is 0 Å². The van der Waals surface area contributed by atoms with Crippen LogP contribution in [0, 0.1) is 0 Å². The van der Waals surface area contributed by atoms with Gasteiger partial charge in [-0.15, -0.1) is 0 Å². The normalized spacial score (nSPS) is 13.6. The molecule has 0 spiro atoms. The Hall–Kier alpha value is 0.0569. The third-order valence-corrected chi connectivity index (χ3v) is 7.30. The van der Waals surface area contributed by atoms with Crippen LogP contribution >= 0.6 is 0 Å². The molecule has 0 radical (unpaired) electrons. The van der Waals surface area contributed by atoms with Crippen LogP contribution < -0.4 is 5.73 Å². The Morgan fingerprint density at radius 1 is 0.762 bits per heavy atom. The van der Waals surface area contributed by atoms with Gasteiger partial charge in [0.25, 0.3) is 0 Å². The molecule has 0 aromatic carbocycles. The minimum Gasteiger partial charge on any atom is -0.374 e. The molecule has 1 unspecified atom stereocenters. The summed E-state index contributed by atoms with van der Waals surface area (Å²) >= 11 is 0. The van der Waals surface area contributed by atoms with Crippen molar-refractivity contribution in [2.24, 2.45) is 5.73 Å². The third-order valence-electron chi connectivity index (χ3n) is 3.73. The maximum absolute atomic E-state index is 5.96. The molecule has 0 aromatic heterocycles. The maximum Gasteiger partial charge on any atom is 0.503 e. The summed E-state index contributed by atoms with van der Waals surface area (Å²) < 4.78 is 17.9. The van der Waals surface area contributed by atoms with Crippen molar-refractivity contribution in [3.63, 3.8) is 0 Å². The zero-order valence-corrected chi connectivity index (χ0v) is 15.7. The van der Waals surface area contributed by atoms with E-state index >= 15 is 0 Å². The first kappa shape index (κ1) is 21.1. The van der Waals surface area contributed by atoms with Crippen LogP contribution in [0.15, 0.2) is 0 Å². The molecule has 1 atom stereocenters. The fourth-order valence-electron chi connectivity index (χ4n) is 2.63. The number of rotatable bonds is 15. The molecule has 0 heterocycles. The van der Waals surface area contributed by atoms with Gasteiger partial charge in [-0.1, -0.05) is 39.0 Å². The van der Waals surface area contributed by atoms with Crippen molar-refractivity contribution < 1.29 is 13.3 Å². The molecule has 0 amide bonds. The van der Waals surface area contributed by atoms with E-state index in [0.717, 1.165) is 19.4 Å². The Morgan fingerprint density at radius 2 is 1.19 bits per heavy atom. The van der Waals surface area contributed by atoms with Crippen molar-refractivity contribution in [1.82, 2.24) is 0 Å². The highest BCUT2D eigenvalue weighted by Gasteiger charge is 2.46. The molecule has 21 heavy (non-hydrogen) atoms. The van der Waals surface area contributed by atoms with Crippen LogP contribution in [0.25, 0.3) is 0 Å². The molecule has 0 saturated carbocycles. The van der Waals surface area contributed by atoms with Crippen molar-refractivity contribution in [3.8, 4) is 0 Å². The van der Waals surface area contributed by atoms with Crippen molar-refractivity contribution in [2.75, 3.05) is 26.4 Å². The molecule has 0 rings (SSSR count). The van der Waals surface area contributed by atoms with Gasteiger partial charge in [-0.05, 0) is 40.2 Å². The summed E-state index contributed by atoms with van der Waals surface area (Å²) in [5.41, 5.74) is 5.88. The average Bonchev–Trinajstić information content (AvgIpc) is 2.46. The lowest BCUT2D eigenvalue weighted by Crippen LogP contribution is -2.49. The molecule has 128 valence electrons. The summed E-state index contributed by atoms with van der Waals surface area (Å²) in [7, 11) is -2.50. The second kappa shape index (κ2) is 13.7. The van der Waals surface area contributed by atoms with Crippen LogP contribution in [-0.2, 0) is 13.3 Å². The largest absolute Gasteiger partial charge is 0.503 e. The molecule has 5 heteroatoms. The maximum atomic E-state index is 5.96. The Morgan fingerprint density at radius 3 is 1.62 bits per heavy atom. The van der Waals surface area contributed by atoms with E-state index in [2.05, 4.69) is 6.92 Å². The standard InChI is InChI=1S/C16H37NO3Si/c1-5-18-21(19-6-2,20-7-3)16(4)14-12-10-8-9-11-13-15-17/h16H,5-15,17H2,1-4H3. The number of hydrogen-bond donors (Lipinski definition) is 1. The zero-order valence-electron chi connectivity index (χ0n) is 14.7. The first-order chi connectivity index (χ1) is 10.2. The van der Waals surface area contributed by atoms with E-state index < -0.39 is 8.80 Å². The van der Waals surface area contributed by atoms with E-state index in [0.29, 0.717) is 25.4 Å². The van der Waals surface area contributed by atoms with E-state index in [1.807, 2.05) is 20.8 Å². The fraction of sp³-hybridized carbons (Fsp3) is 1.00. The summed E-state index contributed by atoms with van der Waals surface area (Å²) in [5, 5.41) is 0. The lowest BCUT2D eigenvalue weighted by Gasteiger charge is -2.33. The number of unbranched alkanes of at least 4 members (excludes halogenated alkanes) is 5. The molecule has 0 aromatic rings. The van der Waals surface area contributed by atoms with Crippen molar-refractivity contribution in [3.05, 3.63) is 0 Å². The Kier molecular flexibility index (Phi) is 13.7. The van der Waals surface area contributed by atoms with Gasteiger partial charge in [-0.3, -0.25) is 0 Å². The van der Waals surface area contributed by atoms with Crippen LogP contribution in [0.2, 0.25) is 5.54 Å². The first-order valence-electron chi connectivity index (χ1n) is 8.78. The van der Waals surface area contributed by atoms with Crippen molar-refractivity contribution in [2.45, 2.75) is 78.2 Å². The second-order valence-electron chi connectivity index (χ2n) is 5.50. The predicted octanol–water partition coefficient (Wildman–Crippen LogP) is 4.11. The molecule has 0 fully saturated rings. The molecule has 0 aliphatic carbocycles. The van der Waals surface area contributed by atoms with Gasteiger partial charge in [0.15, 0.2) is 0 Å². The van der Waals surface area contributed by atoms with Gasteiger partial charge in [-0.2, -0.15) is 0 Å². The van der Waals surface area contributed by atoms with Gasteiger partial charge in [-0.25, -0.2) is 0 Å². The Bertz CT molecular complexity index is 213. The Labute approximate surface area is 133 Å². The van der Waals surface area contributed by atoms with Crippen molar-refractivity contribution in [1.29, 1.82) is 0 Å². The van der Waals surface area contributed by atoms with Gasteiger partial charge in [0.2, 0.25) is 0 Å². The van der Waals surface area contributed by atoms with E-state index in [1.165, 1.54) is 32.1 Å². The number of nitrogens with two attached hydrogens (primary N) is 1. The third kappa shape index (κ3) is 8.93. The molecule has 0 saturated heterocycles. The van der Waals surface area contributed by atoms with Gasteiger partial charge < -0.3 is 19.0 Å². The molecule has 2 N–H and O–H groups in total. The summed E-state index contributed by atoms with van der Waals surface area (Å²) in [6.45, 7) is 11.1. The fourth-order valence-corrected chi connectivity index (χ4v) is 5.50. The second-order valence-corrected chi connectivity index (χ2v) is 8.56. The minimum atomic E-state index is -2.50. The molecular weight excluding hydrogens is 282 g/mol. The zero-order chi connectivity index (χ0) is 16.0. The van der Waals surface area contributed by atoms with Gasteiger partial charge in [0.05, 0.1) is 0 Å². The predicted molar refractivity (Wildman–Crippen MR) is 91.4 cm³/mol. The van der Waals surface area contributed by atoms with E-state index in [1.54, 1.807) is 0 Å². The average molecular weight is 320 g/mol. The Balaban J connectivity index is 4.11. The van der Waals surface area contributed by atoms with E-state index in [4.69, 9.17) is 19.0 Å². The minimum absolute atomic E-state index is 0.376. The quantitative estimate of drug-likeness (QED) is 0.364. The van der Waals surface area contributed by atoms with Crippen LogP contribution in [0.4, 0.5) is 0 Å². The van der Waals surface area contributed by atoms with Gasteiger partial charge in [0, 0.05) is 25.4 Å². The molecular formula is C16H37NO3Si. The molecule has 0 bridgehead atoms. The smallest absolute Gasteiger partial charge is 0.374 e. The highest BCUT2D eigenvalue weighted by atomic mass is 28.4. The SMILES string of the molecule is CCO[Si](OCC)(OCC)C(C)CCCCCCCCN. The molecule has 0 aliphatic rings. The molecule has 4 nitrogen and oxygen atoms in total. The highest BCUT2D eigenvalue weighted by molar-refractivity contribution is 6.62. The highest BCUT2D eigenvalue weighted by Crippen LogP contribution is 2.30. The summed E-state index contributed by atoms with van der Waals surface area (Å²) in [5.74, 6) is 0. The summed E-state index contributed by atoms with van der Waals surface area (Å²) in [6, 6.07) is 0. The van der Waals surface area contributed by atoms with Gasteiger partial charge >= 0.3 is 8.80 Å². The van der Waals surface area contributed by atoms with E-state index in [-0.39, 0.29) is 0 Å². The van der Waals surface area contributed by atoms with Gasteiger partial charge in [0.1, 0.15) is 0 Å². The molecule has 0 aliphatic heterocycles. The summed E-state index contributed by atoms with van der Waals surface area (Å²) in [6.07, 6.45) is 8.67. The van der Waals surface area contributed by atoms with Crippen molar-refractivity contribution >= 4 is 8.80 Å². The lowest BCUT2D eigenvalue weighted by molar-refractivity contribution is 0.0612.